The molecule has 5 heteroatoms. The molecule has 80 valence electrons. The quantitative estimate of drug-likeness (QED) is 0.794. The molecule has 5 nitrogen and oxygen atoms in total. The maximum absolute atomic E-state index is 10.7. The molecule has 2 bridgehead atoms. The van der Waals surface area contributed by atoms with Gasteiger partial charge in [0.1, 0.15) is 0 Å². The number of aromatic carboxylic acids is 1. The summed E-state index contributed by atoms with van der Waals surface area (Å²) in [6.45, 7) is 0. The van der Waals surface area contributed by atoms with E-state index in [0.717, 1.165) is 12.3 Å². The minimum atomic E-state index is -0.996. The zero-order chi connectivity index (χ0) is 10.4. The van der Waals surface area contributed by atoms with Crippen molar-refractivity contribution in [2.24, 2.45) is 11.8 Å². The second kappa shape index (κ2) is 3.05. The summed E-state index contributed by atoms with van der Waals surface area (Å²) in [5, 5.41) is 16.3. The fraction of sp³-hybridized carbons (Fsp3) is 0.700. The lowest BCUT2D eigenvalue weighted by molar-refractivity contribution is 0.0690. The highest BCUT2D eigenvalue weighted by Gasteiger charge is 2.41. The highest BCUT2D eigenvalue weighted by atomic mass is 16.4. The molecule has 2 aliphatic rings. The number of hydrogen-bond donors (Lipinski definition) is 1. The van der Waals surface area contributed by atoms with Crippen molar-refractivity contribution in [1.82, 2.24) is 15.0 Å². The van der Waals surface area contributed by atoms with Gasteiger partial charge in [-0.2, -0.15) is 0 Å². The van der Waals surface area contributed by atoms with Crippen molar-refractivity contribution in [2.75, 3.05) is 0 Å². The van der Waals surface area contributed by atoms with Crippen molar-refractivity contribution < 1.29 is 9.90 Å². The topological polar surface area (TPSA) is 68.0 Å². The molecule has 0 radical (unpaired) electrons. The smallest absolute Gasteiger partial charge is 0.358 e. The summed E-state index contributed by atoms with van der Waals surface area (Å²) in [5.74, 6) is 0.528. The number of carboxylic acids is 1. The molecule has 2 aliphatic carbocycles. The number of carboxylic acid groups (broad SMARTS) is 1. The fourth-order valence-electron chi connectivity index (χ4n) is 3.07. The molecule has 1 heterocycles. The molecule has 0 amide bonds. The van der Waals surface area contributed by atoms with Crippen LogP contribution < -0.4 is 0 Å². The third-order valence-electron chi connectivity index (χ3n) is 3.77. The van der Waals surface area contributed by atoms with E-state index >= 15 is 0 Å². The first kappa shape index (κ1) is 8.88. The average molecular weight is 207 g/mol. The summed E-state index contributed by atoms with van der Waals surface area (Å²) in [6, 6.07) is 0.393. The Morgan fingerprint density at radius 2 is 2.33 bits per heavy atom. The Bertz CT molecular complexity index is 401. The summed E-state index contributed by atoms with van der Waals surface area (Å²) in [6.07, 6.45) is 6.59. The lowest BCUT2D eigenvalue weighted by atomic mass is 9.96. The van der Waals surface area contributed by atoms with Gasteiger partial charge in [0.15, 0.2) is 5.69 Å². The Labute approximate surface area is 87.1 Å². The predicted molar refractivity (Wildman–Crippen MR) is 51.5 cm³/mol. The van der Waals surface area contributed by atoms with E-state index in [4.69, 9.17) is 5.11 Å². The van der Waals surface area contributed by atoms with Crippen LogP contribution in [0.5, 0.6) is 0 Å². The highest BCUT2D eigenvalue weighted by Crippen LogP contribution is 2.50. The molecule has 3 rings (SSSR count). The SMILES string of the molecule is O=C(O)c1cn(C2CC3CCC2C3)nn1. The first-order chi connectivity index (χ1) is 7.24. The van der Waals surface area contributed by atoms with Crippen LogP contribution in [0, 0.1) is 11.8 Å². The number of hydrogen-bond acceptors (Lipinski definition) is 3. The molecule has 0 spiro atoms. The fourth-order valence-corrected chi connectivity index (χ4v) is 3.07. The van der Waals surface area contributed by atoms with E-state index in [9.17, 15) is 4.79 Å². The van der Waals surface area contributed by atoms with Gasteiger partial charge in [0.2, 0.25) is 0 Å². The molecule has 1 aromatic heterocycles. The van der Waals surface area contributed by atoms with Gasteiger partial charge in [0, 0.05) is 0 Å². The van der Waals surface area contributed by atoms with Crippen LogP contribution in [0.15, 0.2) is 6.20 Å². The van der Waals surface area contributed by atoms with Crippen molar-refractivity contribution in [1.29, 1.82) is 0 Å². The largest absolute Gasteiger partial charge is 0.476 e. The van der Waals surface area contributed by atoms with E-state index in [0.29, 0.717) is 12.0 Å². The third-order valence-corrected chi connectivity index (χ3v) is 3.77. The van der Waals surface area contributed by atoms with Gasteiger partial charge in [0.05, 0.1) is 12.2 Å². The highest BCUT2D eigenvalue weighted by molar-refractivity contribution is 5.84. The molecule has 0 aliphatic heterocycles. The van der Waals surface area contributed by atoms with E-state index in [1.807, 2.05) is 0 Å². The van der Waals surface area contributed by atoms with E-state index in [1.54, 1.807) is 10.9 Å². The third kappa shape index (κ3) is 1.33. The standard InChI is InChI=1S/C10H13N3O2/c14-10(15)8-5-13(12-11-8)9-4-6-1-2-7(9)3-6/h5-7,9H,1-4H2,(H,14,15). The van der Waals surface area contributed by atoms with Crippen molar-refractivity contribution >= 4 is 5.97 Å². The van der Waals surface area contributed by atoms with Crippen LogP contribution in [0.25, 0.3) is 0 Å². The Balaban J connectivity index is 1.84. The lowest BCUT2D eigenvalue weighted by Gasteiger charge is -2.20. The maximum atomic E-state index is 10.7. The van der Waals surface area contributed by atoms with Crippen LogP contribution >= 0.6 is 0 Å². The minimum absolute atomic E-state index is 0.0535. The van der Waals surface area contributed by atoms with Crippen LogP contribution in [0.2, 0.25) is 0 Å². The Kier molecular flexibility index (Phi) is 1.81. The molecule has 0 saturated heterocycles. The lowest BCUT2D eigenvalue weighted by Crippen LogP contribution is -2.16. The zero-order valence-corrected chi connectivity index (χ0v) is 8.33. The molecule has 0 aromatic carbocycles. The number of fused-ring (bicyclic) bond motifs is 2. The number of nitrogens with zero attached hydrogens (tertiary/aromatic N) is 3. The number of rotatable bonds is 2. The van der Waals surface area contributed by atoms with Gasteiger partial charge in [-0.15, -0.1) is 5.10 Å². The molecular formula is C10H13N3O2. The van der Waals surface area contributed by atoms with Crippen LogP contribution in [0.4, 0.5) is 0 Å². The van der Waals surface area contributed by atoms with Gasteiger partial charge < -0.3 is 5.11 Å². The summed E-state index contributed by atoms with van der Waals surface area (Å²) in [7, 11) is 0. The predicted octanol–water partition coefficient (Wildman–Crippen LogP) is 1.34. The van der Waals surface area contributed by atoms with Crippen LogP contribution in [-0.4, -0.2) is 26.1 Å². The number of carbonyl (C=O) groups is 1. The van der Waals surface area contributed by atoms with E-state index in [1.165, 1.54) is 19.3 Å². The molecule has 1 aromatic rings. The second-order valence-electron chi connectivity index (χ2n) is 4.63. The van der Waals surface area contributed by atoms with E-state index in [-0.39, 0.29) is 5.69 Å². The van der Waals surface area contributed by atoms with Crippen LogP contribution in [-0.2, 0) is 0 Å². The van der Waals surface area contributed by atoms with Crippen molar-refractivity contribution in [3.8, 4) is 0 Å². The van der Waals surface area contributed by atoms with Gasteiger partial charge >= 0.3 is 5.97 Å². The molecule has 2 saturated carbocycles. The van der Waals surface area contributed by atoms with Crippen LogP contribution in [0.1, 0.15) is 42.2 Å². The van der Waals surface area contributed by atoms with Gasteiger partial charge in [-0.25, -0.2) is 9.48 Å². The normalized spacial score (nSPS) is 33.5. The number of aromatic nitrogens is 3. The summed E-state index contributed by atoms with van der Waals surface area (Å²) in [4.78, 5) is 10.7. The average Bonchev–Trinajstić information content (AvgIpc) is 2.93. The molecule has 3 unspecified atom stereocenters. The first-order valence-electron chi connectivity index (χ1n) is 5.39. The molecule has 1 N–H and O–H groups in total. The monoisotopic (exact) mass is 207 g/mol. The van der Waals surface area contributed by atoms with E-state index < -0.39 is 5.97 Å². The zero-order valence-electron chi connectivity index (χ0n) is 8.33. The maximum Gasteiger partial charge on any atom is 0.358 e. The molecular weight excluding hydrogens is 194 g/mol. The Morgan fingerprint density at radius 1 is 1.47 bits per heavy atom. The molecule has 2 fully saturated rings. The van der Waals surface area contributed by atoms with Crippen molar-refractivity contribution in [2.45, 2.75) is 31.7 Å². The molecule has 15 heavy (non-hydrogen) atoms. The van der Waals surface area contributed by atoms with Gasteiger partial charge in [-0.05, 0) is 31.1 Å². The Hall–Kier alpha value is -1.39. The van der Waals surface area contributed by atoms with Gasteiger partial charge in [-0.1, -0.05) is 11.6 Å². The van der Waals surface area contributed by atoms with Gasteiger partial charge in [-0.3, -0.25) is 0 Å². The summed E-state index contributed by atoms with van der Waals surface area (Å²) in [5.41, 5.74) is 0.0535. The summed E-state index contributed by atoms with van der Waals surface area (Å²) >= 11 is 0. The van der Waals surface area contributed by atoms with E-state index in [2.05, 4.69) is 10.3 Å². The van der Waals surface area contributed by atoms with Crippen molar-refractivity contribution in [3.05, 3.63) is 11.9 Å². The second-order valence-corrected chi connectivity index (χ2v) is 4.63. The van der Waals surface area contributed by atoms with Crippen LogP contribution in [0.3, 0.4) is 0 Å². The van der Waals surface area contributed by atoms with Gasteiger partial charge in [0.25, 0.3) is 0 Å². The molecule has 3 atom stereocenters. The summed E-state index contributed by atoms with van der Waals surface area (Å²) < 4.78 is 1.76. The Morgan fingerprint density at radius 3 is 2.87 bits per heavy atom. The minimum Gasteiger partial charge on any atom is -0.476 e. The van der Waals surface area contributed by atoms with Crippen molar-refractivity contribution in [3.63, 3.8) is 0 Å². The first-order valence-corrected chi connectivity index (χ1v) is 5.39.